The van der Waals surface area contributed by atoms with Crippen molar-refractivity contribution in [3.8, 4) is 17.2 Å². The fourth-order valence-electron chi connectivity index (χ4n) is 4.40. The normalized spacial score (nSPS) is 21.1. The van der Waals surface area contributed by atoms with Crippen LogP contribution in [-0.4, -0.2) is 76.6 Å². The highest BCUT2D eigenvalue weighted by molar-refractivity contribution is 7.89. The van der Waals surface area contributed by atoms with Gasteiger partial charge in [-0.2, -0.15) is 4.31 Å². The molecule has 1 amide bonds. The maximum Gasteiger partial charge on any atom is 0.243 e. The van der Waals surface area contributed by atoms with E-state index in [0.29, 0.717) is 37.6 Å². The fraction of sp³-hybridized carbons (Fsp3) is 0.458. The van der Waals surface area contributed by atoms with Crippen molar-refractivity contribution < 1.29 is 27.4 Å². The summed E-state index contributed by atoms with van der Waals surface area (Å²) in [4.78, 5) is 15.0. The van der Waals surface area contributed by atoms with E-state index in [1.165, 1.54) is 30.7 Å². The minimum absolute atomic E-state index is 0.00588. The van der Waals surface area contributed by atoms with E-state index in [9.17, 15) is 13.2 Å². The summed E-state index contributed by atoms with van der Waals surface area (Å²) in [7, 11) is -0.758. The van der Waals surface area contributed by atoms with Crippen LogP contribution in [-0.2, 0) is 14.8 Å². The topological polar surface area (TPSA) is 109 Å². The molecule has 0 radical (unpaired) electrons. The van der Waals surface area contributed by atoms with E-state index in [0.717, 1.165) is 11.3 Å². The minimum atomic E-state index is -3.72. The number of hydrogen-bond acceptors (Lipinski definition) is 8. The lowest BCUT2D eigenvalue weighted by molar-refractivity contribution is -0.134. The highest BCUT2D eigenvalue weighted by Crippen LogP contribution is 2.31. The molecule has 2 heterocycles. The predicted octanol–water partition coefficient (Wildman–Crippen LogP) is 1.54. The zero-order chi connectivity index (χ0) is 25.0. The van der Waals surface area contributed by atoms with Gasteiger partial charge in [-0.05, 0) is 43.2 Å². The molecule has 10 nitrogen and oxygen atoms in total. The molecule has 2 aliphatic heterocycles. The molecule has 2 aromatic carbocycles. The molecule has 2 saturated heterocycles. The minimum Gasteiger partial charge on any atom is -0.494 e. The number of carbonyl (C=O) groups excluding carboxylic acids is 1. The van der Waals surface area contributed by atoms with Crippen LogP contribution < -0.4 is 25.1 Å². The van der Waals surface area contributed by atoms with Crippen LogP contribution in [0.5, 0.6) is 17.2 Å². The molecule has 35 heavy (non-hydrogen) atoms. The number of hydrazine groups is 1. The molecule has 0 aromatic heterocycles. The van der Waals surface area contributed by atoms with Crippen molar-refractivity contribution in [2.45, 2.75) is 30.3 Å². The summed E-state index contributed by atoms with van der Waals surface area (Å²) < 4.78 is 43.6. The first-order valence-corrected chi connectivity index (χ1v) is 13.1. The van der Waals surface area contributed by atoms with Crippen molar-refractivity contribution in [3.63, 3.8) is 0 Å². The number of methoxy groups -OCH3 is 2. The summed E-state index contributed by atoms with van der Waals surface area (Å²) in [6.07, 6.45) is 0.608. The predicted molar refractivity (Wildman–Crippen MR) is 130 cm³/mol. The number of rotatable bonds is 8. The van der Waals surface area contributed by atoms with Crippen LogP contribution in [0, 0.1) is 0 Å². The molecular weight excluding hydrogens is 472 g/mol. The summed E-state index contributed by atoms with van der Waals surface area (Å²) in [5.74, 6) is 1.59. The van der Waals surface area contributed by atoms with Crippen LogP contribution in [0.25, 0.3) is 0 Å². The van der Waals surface area contributed by atoms with Crippen LogP contribution in [0.2, 0.25) is 0 Å². The molecule has 190 valence electrons. The molecule has 0 bridgehead atoms. The summed E-state index contributed by atoms with van der Waals surface area (Å²) in [5.41, 5.74) is 7.38. The number of amides is 1. The summed E-state index contributed by atoms with van der Waals surface area (Å²) in [6, 6.07) is 12.0. The maximum absolute atomic E-state index is 13.1. The molecule has 2 atom stereocenters. The van der Waals surface area contributed by atoms with Gasteiger partial charge in [-0.1, -0.05) is 12.1 Å². The highest BCUT2D eigenvalue weighted by Gasteiger charge is 2.36. The number of sulfonamides is 1. The van der Waals surface area contributed by atoms with Crippen molar-refractivity contribution in [1.82, 2.24) is 20.1 Å². The van der Waals surface area contributed by atoms with Gasteiger partial charge < -0.3 is 19.1 Å². The first-order valence-electron chi connectivity index (χ1n) is 11.6. The SMILES string of the molecule is CCOc1ccc(C2CC(C(=O)N3CCN(S(=O)(=O)c4ccc(OC)c(OC)c4)CC3)NN2)cc1. The third-order valence-corrected chi connectivity index (χ3v) is 8.23. The standard InChI is InChI=1S/C24H32N4O6S/c1-4-34-18-7-5-17(6-8-18)20-16-21(26-25-20)24(29)27-11-13-28(14-12-27)35(30,31)19-9-10-22(32-2)23(15-19)33-3/h5-10,15,20-21,25-26H,4,11-14,16H2,1-3H3. The largest absolute Gasteiger partial charge is 0.494 e. The van der Waals surface area contributed by atoms with E-state index in [1.807, 2.05) is 31.2 Å². The molecule has 2 N–H and O–H groups in total. The summed E-state index contributed by atoms with van der Waals surface area (Å²) >= 11 is 0. The first kappa shape index (κ1) is 25.2. The Kier molecular flexibility index (Phi) is 7.80. The Morgan fingerprint density at radius 3 is 2.29 bits per heavy atom. The van der Waals surface area contributed by atoms with Gasteiger partial charge in [0.15, 0.2) is 11.5 Å². The van der Waals surface area contributed by atoms with Gasteiger partial charge in [0.2, 0.25) is 15.9 Å². The monoisotopic (exact) mass is 504 g/mol. The molecular formula is C24H32N4O6S. The molecule has 2 aromatic rings. The number of nitrogens with zero attached hydrogens (tertiary/aromatic N) is 2. The van der Waals surface area contributed by atoms with E-state index in [-0.39, 0.29) is 36.0 Å². The Balaban J connectivity index is 1.34. The quantitative estimate of drug-likeness (QED) is 0.557. The summed E-state index contributed by atoms with van der Waals surface area (Å²) in [5, 5.41) is 0. The lowest BCUT2D eigenvalue weighted by Crippen LogP contribution is -2.54. The van der Waals surface area contributed by atoms with Crippen molar-refractivity contribution in [2.75, 3.05) is 47.0 Å². The van der Waals surface area contributed by atoms with Crippen LogP contribution in [0.3, 0.4) is 0 Å². The van der Waals surface area contributed by atoms with E-state index < -0.39 is 10.0 Å². The third-order valence-electron chi connectivity index (χ3n) is 6.34. The fourth-order valence-corrected chi connectivity index (χ4v) is 5.83. The van der Waals surface area contributed by atoms with Gasteiger partial charge >= 0.3 is 0 Å². The zero-order valence-corrected chi connectivity index (χ0v) is 21.0. The van der Waals surface area contributed by atoms with Gasteiger partial charge in [0.05, 0.1) is 25.7 Å². The number of carbonyl (C=O) groups is 1. The van der Waals surface area contributed by atoms with E-state index in [4.69, 9.17) is 14.2 Å². The van der Waals surface area contributed by atoms with Gasteiger partial charge in [-0.15, -0.1) is 0 Å². The molecule has 2 unspecified atom stereocenters. The Morgan fingerprint density at radius 2 is 1.66 bits per heavy atom. The maximum atomic E-state index is 13.1. The number of nitrogens with one attached hydrogen (secondary N) is 2. The van der Waals surface area contributed by atoms with Crippen LogP contribution in [0.15, 0.2) is 47.4 Å². The molecule has 2 aliphatic rings. The third kappa shape index (κ3) is 5.37. The molecule has 2 fully saturated rings. The van der Waals surface area contributed by atoms with Crippen molar-refractivity contribution >= 4 is 15.9 Å². The second kappa shape index (κ2) is 10.8. The second-order valence-corrected chi connectivity index (χ2v) is 10.3. The number of benzene rings is 2. The van der Waals surface area contributed by atoms with Crippen molar-refractivity contribution in [1.29, 1.82) is 0 Å². The van der Waals surface area contributed by atoms with Crippen LogP contribution in [0.1, 0.15) is 24.9 Å². The second-order valence-electron chi connectivity index (χ2n) is 8.38. The Hall–Kier alpha value is -2.86. The molecule has 0 aliphatic carbocycles. The van der Waals surface area contributed by atoms with Crippen LogP contribution in [0.4, 0.5) is 0 Å². The molecule has 0 saturated carbocycles. The van der Waals surface area contributed by atoms with Crippen LogP contribution >= 0.6 is 0 Å². The Labute approximate surface area is 206 Å². The Bertz CT molecular complexity index is 1130. The van der Waals surface area contributed by atoms with E-state index in [1.54, 1.807) is 11.0 Å². The molecule has 4 rings (SSSR count). The van der Waals surface area contributed by atoms with Gasteiger partial charge in [0.25, 0.3) is 0 Å². The number of ether oxygens (including phenoxy) is 3. The first-order chi connectivity index (χ1) is 16.9. The van der Waals surface area contributed by atoms with Gasteiger partial charge in [-0.25, -0.2) is 19.3 Å². The van der Waals surface area contributed by atoms with Gasteiger partial charge in [0, 0.05) is 38.3 Å². The average molecular weight is 505 g/mol. The smallest absolute Gasteiger partial charge is 0.243 e. The molecule has 0 spiro atoms. The lowest BCUT2D eigenvalue weighted by Gasteiger charge is -2.35. The van der Waals surface area contributed by atoms with Crippen molar-refractivity contribution in [3.05, 3.63) is 48.0 Å². The van der Waals surface area contributed by atoms with Gasteiger partial charge in [-0.3, -0.25) is 4.79 Å². The van der Waals surface area contributed by atoms with E-state index >= 15 is 0 Å². The average Bonchev–Trinajstić information content (AvgIpc) is 3.39. The van der Waals surface area contributed by atoms with E-state index in [2.05, 4.69) is 10.9 Å². The number of hydrogen-bond donors (Lipinski definition) is 2. The van der Waals surface area contributed by atoms with Crippen molar-refractivity contribution in [2.24, 2.45) is 0 Å². The number of piperazine rings is 1. The zero-order valence-electron chi connectivity index (χ0n) is 20.2. The Morgan fingerprint density at radius 1 is 0.971 bits per heavy atom. The summed E-state index contributed by atoms with van der Waals surface area (Å²) in [6.45, 7) is 3.67. The molecule has 11 heteroatoms. The van der Waals surface area contributed by atoms with Gasteiger partial charge in [0.1, 0.15) is 11.8 Å². The highest BCUT2D eigenvalue weighted by atomic mass is 32.2. The lowest BCUT2D eigenvalue weighted by atomic mass is 10.0.